The number of likely N-dealkylation sites (tertiary alicyclic amines) is 1. The lowest BCUT2D eigenvalue weighted by Crippen LogP contribution is -2.49. The Morgan fingerprint density at radius 3 is 2.71 bits per heavy atom. The minimum Gasteiger partial charge on any atom is -0.464 e. The number of amides is 1. The summed E-state index contributed by atoms with van der Waals surface area (Å²) in [5.74, 6) is 1.27. The fourth-order valence-electron chi connectivity index (χ4n) is 4.54. The van der Waals surface area contributed by atoms with Crippen molar-refractivity contribution in [3.63, 3.8) is 0 Å². The van der Waals surface area contributed by atoms with Crippen LogP contribution in [-0.2, 0) is 14.3 Å². The van der Waals surface area contributed by atoms with Gasteiger partial charge in [0.15, 0.2) is 10.9 Å². The maximum atomic E-state index is 13.0. The fraction of sp³-hybridized carbons (Fsp3) is 0.636. The molecule has 0 bridgehead atoms. The zero-order valence-corrected chi connectivity index (χ0v) is 18.8. The molecular formula is C22H30N4O4S. The van der Waals surface area contributed by atoms with Gasteiger partial charge in [0.1, 0.15) is 6.04 Å². The average Bonchev–Trinajstić information content (AvgIpc) is 3.48. The largest absolute Gasteiger partial charge is 0.464 e. The highest BCUT2D eigenvalue weighted by Crippen LogP contribution is 2.36. The zero-order valence-electron chi connectivity index (χ0n) is 18.0. The lowest BCUT2D eigenvalue weighted by molar-refractivity contribution is -0.155. The Hall–Kier alpha value is -2.29. The van der Waals surface area contributed by atoms with Crippen LogP contribution in [0.15, 0.2) is 28.0 Å². The number of rotatable bonds is 7. The van der Waals surface area contributed by atoms with Gasteiger partial charge < -0.3 is 14.1 Å². The van der Waals surface area contributed by atoms with E-state index in [-0.39, 0.29) is 17.6 Å². The summed E-state index contributed by atoms with van der Waals surface area (Å²) in [6, 6.07) is 3.57. The van der Waals surface area contributed by atoms with Gasteiger partial charge in [-0.3, -0.25) is 9.36 Å². The van der Waals surface area contributed by atoms with Gasteiger partial charge in [-0.1, -0.05) is 31.0 Å². The number of thioether (sulfide) groups is 1. The topological polar surface area (TPSA) is 90.5 Å². The quantitative estimate of drug-likeness (QED) is 0.467. The molecule has 1 saturated carbocycles. The lowest BCUT2D eigenvalue weighted by atomic mass is 9.95. The van der Waals surface area contributed by atoms with E-state index in [1.165, 1.54) is 31.0 Å². The highest BCUT2D eigenvalue weighted by molar-refractivity contribution is 7.99. The van der Waals surface area contributed by atoms with Crippen LogP contribution >= 0.6 is 11.8 Å². The Morgan fingerprint density at radius 1 is 1.16 bits per heavy atom. The summed E-state index contributed by atoms with van der Waals surface area (Å²) in [6.07, 6.45) is 9.90. The van der Waals surface area contributed by atoms with Crippen molar-refractivity contribution < 1.29 is 18.7 Å². The molecule has 2 aromatic heterocycles. The van der Waals surface area contributed by atoms with E-state index in [0.717, 1.165) is 30.8 Å². The summed E-state index contributed by atoms with van der Waals surface area (Å²) in [5, 5.41) is 9.53. The molecule has 0 radical (unpaired) electrons. The van der Waals surface area contributed by atoms with Crippen molar-refractivity contribution in [1.29, 1.82) is 0 Å². The third-order valence-corrected chi connectivity index (χ3v) is 6.98. The highest BCUT2D eigenvalue weighted by Gasteiger charge is 2.33. The molecule has 0 N–H and O–H groups in total. The van der Waals surface area contributed by atoms with Gasteiger partial charge in [-0.15, -0.1) is 10.2 Å². The number of esters is 1. The number of carbonyl (C=O) groups is 2. The molecule has 2 aromatic rings. The predicted octanol–water partition coefficient (Wildman–Crippen LogP) is 4.08. The monoisotopic (exact) mass is 446 g/mol. The van der Waals surface area contributed by atoms with Crippen molar-refractivity contribution >= 4 is 23.6 Å². The molecule has 1 saturated heterocycles. The minimum atomic E-state index is -0.475. The lowest BCUT2D eigenvalue weighted by Gasteiger charge is -2.34. The maximum absolute atomic E-state index is 13.0. The molecule has 1 aliphatic carbocycles. The molecule has 31 heavy (non-hydrogen) atoms. The van der Waals surface area contributed by atoms with Gasteiger partial charge in [0, 0.05) is 12.6 Å². The number of furan rings is 1. The van der Waals surface area contributed by atoms with Gasteiger partial charge in [-0.2, -0.15) is 0 Å². The third kappa shape index (κ3) is 4.97. The first-order valence-corrected chi connectivity index (χ1v) is 12.2. The summed E-state index contributed by atoms with van der Waals surface area (Å²) < 4.78 is 12.9. The average molecular weight is 447 g/mol. The molecule has 0 aromatic carbocycles. The number of nitrogens with zero attached hydrogens (tertiary/aromatic N) is 4. The van der Waals surface area contributed by atoms with Crippen molar-refractivity contribution in [2.45, 2.75) is 75.5 Å². The zero-order chi connectivity index (χ0) is 21.6. The van der Waals surface area contributed by atoms with Crippen LogP contribution in [0.2, 0.25) is 0 Å². The molecule has 2 fully saturated rings. The number of carbonyl (C=O) groups excluding carboxylic acids is 2. The first-order chi connectivity index (χ1) is 15.2. The normalized spacial score (nSPS) is 20.0. The van der Waals surface area contributed by atoms with Crippen LogP contribution in [-0.4, -0.2) is 56.5 Å². The second-order valence-electron chi connectivity index (χ2n) is 8.08. The number of piperidine rings is 1. The smallest absolute Gasteiger partial charge is 0.328 e. The van der Waals surface area contributed by atoms with Crippen LogP contribution in [0.4, 0.5) is 0 Å². The maximum Gasteiger partial charge on any atom is 0.328 e. The van der Waals surface area contributed by atoms with Gasteiger partial charge in [0.05, 0.1) is 18.6 Å². The van der Waals surface area contributed by atoms with Crippen molar-refractivity contribution in [1.82, 2.24) is 19.7 Å². The Balaban J connectivity index is 1.50. The van der Waals surface area contributed by atoms with Gasteiger partial charge in [-0.05, 0) is 51.2 Å². The molecule has 3 heterocycles. The summed E-state index contributed by atoms with van der Waals surface area (Å²) in [4.78, 5) is 27.0. The van der Waals surface area contributed by atoms with Crippen molar-refractivity contribution in [3.05, 3.63) is 18.4 Å². The summed E-state index contributed by atoms with van der Waals surface area (Å²) in [7, 11) is 0. The van der Waals surface area contributed by atoms with Crippen molar-refractivity contribution in [2.24, 2.45) is 0 Å². The predicted molar refractivity (Wildman–Crippen MR) is 117 cm³/mol. The van der Waals surface area contributed by atoms with E-state index in [4.69, 9.17) is 9.15 Å². The summed E-state index contributed by atoms with van der Waals surface area (Å²) >= 11 is 1.39. The van der Waals surface area contributed by atoms with Crippen LogP contribution < -0.4 is 0 Å². The van der Waals surface area contributed by atoms with Crippen molar-refractivity contribution in [3.8, 4) is 11.6 Å². The second kappa shape index (κ2) is 10.3. The van der Waals surface area contributed by atoms with E-state index in [9.17, 15) is 9.59 Å². The first-order valence-electron chi connectivity index (χ1n) is 11.3. The van der Waals surface area contributed by atoms with Crippen LogP contribution in [0.1, 0.15) is 64.3 Å². The molecule has 1 unspecified atom stereocenters. The molecule has 2 aliphatic rings. The van der Waals surface area contributed by atoms with Gasteiger partial charge >= 0.3 is 5.97 Å². The van der Waals surface area contributed by atoms with Crippen LogP contribution in [0.25, 0.3) is 11.6 Å². The van der Waals surface area contributed by atoms with E-state index in [2.05, 4.69) is 14.8 Å². The Kier molecular flexibility index (Phi) is 7.32. The third-order valence-electron chi connectivity index (χ3n) is 6.05. The standard InChI is InChI=1S/C22H30N4O4S/c1-2-29-21(28)17-11-6-7-13-25(17)19(27)15-31-22-24-23-20(18-12-8-14-30-18)26(22)16-9-4-3-5-10-16/h8,12,14,16-17H,2-7,9-11,13,15H2,1H3. The first kappa shape index (κ1) is 21.9. The minimum absolute atomic E-state index is 0.0551. The van der Waals surface area contributed by atoms with Gasteiger partial charge in [0.25, 0.3) is 0 Å². The Morgan fingerprint density at radius 2 is 1.97 bits per heavy atom. The fourth-order valence-corrected chi connectivity index (χ4v) is 5.43. The molecule has 4 rings (SSSR count). The molecule has 0 spiro atoms. The molecule has 8 nitrogen and oxygen atoms in total. The van der Waals surface area contributed by atoms with Gasteiger partial charge in [-0.25, -0.2) is 4.79 Å². The van der Waals surface area contributed by atoms with E-state index >= 15 is 0 Å². The Bertz CT molecular complexity index is 876. The van der Waals surface area contributed by atoms with Crippen molar-refractivity contribution in [2.75, 3.05) is 18.9 Å². The van der Waals surface area contributed by atoms with Gasteiger partial charge in [0.2, 0.25) is 11.7 Å². The molecule has 1 amide bonds. The van der Waals surface area contributed by atoms with Crippen LogP contribution in [0.5, 0.6) is 0 Å². The van der Waals surface area contributed by atoms with E-state index in [1.807, 2.05) is 12.1 Å². The van der Waals surface area contributed by atoms with E-state index in [1.54, 1.807) is 18.1 Å². The highest BCUT2D eigenvalue weighted by atomic mass is 32.2. The molecule has 1 atom stereocenters. The van der Waals surface area contributed by atoms with E-state index < -0.39 is 6.04 Å². The van der Waals surface area contributed by atoms with Crippen LogP contribution in [0, 0.1) is 0 Å². The summed E-state index contributed by atoms with van der Waals surface area (Å²) in [6.45, 7) is 2.71. The SMILES string of the molecule is CCOC(=O)C1CCCCN1C(=O)CSc1nnc(-c2ccco2)n1C1CCCCC1. The second-order valence-corrected chi connectivity index (χ2v) is 9.03. The molecular weight excluding hydrogens is 416 g/mol. The Labute approximate surface area is 186 Å². The van der Waals surface area contributed by atoms with E-state index in [0.29, 0.717) is 37.2 Å². The number of ether oxygens (including phenoxy) is 1. The number of aromatic nitrogens is 3. The summed E-state index contributed by atoms with van der Waals surface area (Å²) in [5.41, 5.74) is 0. The molecule has 1 aliphatic heterocycles. The number of hydrogen-bond acceptors (Lipinski definition) is 7. The van der Waals surface area contributed by atoms with Crippen LogP contribution in [0.3, 0.4) is 0 Å². The number of hydrogen-bond donors (Lipinski definition) is 0. The molecule has 168 valence electrons. The molecule has 9 heteroatoms.